The van der Waals surface area contributed by atoms with Crippen LogP contribution in [0, 0.1) is 11.8 Å². The minimum Gasteiger partial charge on any atom is -0.480 e. The van der Waals surface area contributed by atoms with Gasteiger partial charge in [-0.2, -0.15) is 0 Å². The van der Waals surface area contributed by atoms with Crippen LogP contribution in [0.15, 0.2) is 0 Å². The van der Waals surface area contributed by atoms with Gasteiger partial charge in [0, 0.05) is 32.2 Å². The highest BCUT2D eigenvalue weighted by atomic mass is 16.4. The van der Waals surface area contributed by atoms with Crippen LogP contribution in [0.5, 0.6) is 0 Å². The lowest BCUT2D eigenvalue weighted by molar-refractivity contribution is -0.138. The molecule has 0 bridgehead atoms. The summed E-state index contributed by atoms with van der Waals surface area (Å²) in [6, 6.07) is 0.628. The number of nitrogens with zero attached hydrogens (tertiary/aromatic N) is 2. The maximum absolute atomic E-state index is 10.6. The van der Waals surface area contributed by atoms with Gasteiger partial charge in [0.25, 0.3) is 0 Å². The van der Waals surface area contributed by atoms with E-state index in [4.69, 9.17) is 5.11 Å². The van der Waals surface area contributed by atoms with Crippen molar-refractivity contribution in [2.45, 2.75) is 19.9 Å². The molecular weight excluding hydrogens is 192 g/mol. The summed E-state index contributed by atoms with van der Waals surface area (Å²) >= 11 is 0. The summed E-state index contributed by atoms with van der Waals surface area (Å²) in [7, 11) is 0. The van der Waals surface area contributed by atoms with Crippen LogP contribution in [0.2, 0.25) is 0 Å². The van der Waals surface area contributed by atoms with Crippen LogP contribution in [-0.4, -0.2) is 59.6 Å². The Morgan fingerprint density at radius 2 is 1.80 bits per heavy atom. The predicted octanol–water partition coefficient (Wildman–Crippen LogP) is 0.343. The van der Waals surface area contributed by atoms with E-state index >= 15 is 0 Å². The fourth-order valence-electron chi connectivity index (χ4n) is 2.87. The lowest BCUT2D eigenvalue weighted by Gasteiger charge is -2.23. The summed E-state index contributed by atoms with van der Waals surface area (Å²) in [5, 5.41) is 8.73. The number of hydrogen-bond donors (Lipinski definition) is 1. The fourth-order valence-corrected chi connectivity index (χ4v) is 2.87. The number of rotatable bonds is 3. The number of fused-ring (bicyclic) bond motifs is 1. The van der Waals surface area contributed by atoms with Gasteiger partial charge in [-0.05, 0) is 25.7 Å². The van der Waals surface area contributed by atoms with Gasteiger partial charge in [0.2, 0.25) is 0 Å². The third-order valence-electron chi connectivity index (χ3n) is 3.68. The molecule has 0 saturated carbocycles. The van der Waals surface area contributed by atoms with Crippen molar-refractivity contribution in [3.8, 4) is 0 Å². The van der Waals surface area contributed by atoms with Gasteiger partial charge in [0.1, 0.15) is 0 Å². The zero-order valence-electron chi connectivity index (χ0n) is 9.52. The molecule has 4 heteroatoms. The van der Waals surface area contributed by atoms with Crippen LogP contribution in [0.25, 0.3) is 0 Å². The maximum atomic E-state index is 10.6. The Morgan fingerprint density at radius 3 is 2.20 bits per heavy atom. The number of hydrogen-bond acceptors (Lipinski definition) is 3. The van der Waals surface area contributed by atoms with Crippen molar-refractivity contribution in [3.05, 3.63) is 0 Å². The second kappa shape index (κ2) is 4.10. The van der Waals surface area contributed by atoms with Gasteiger partial charge in [0.15, 0.2) is 0 Å². The average Bonchev–Trinajstić information content (AvgIpc) is 2.58. The molecule has 2 aliphatic rings. The second-order valence-electron chi connectivity index (χ2n) is 5.16. The van der Waals surface area contributed by atoms with E-state index in [2.05, 4.69) is 23.6 Å². The first-order valence-corrected chi connectivity index (χ1v) is 5.74. The molecule has 2 atom stereocenters. The zero-order chi connectivity index (χ0) is 11.0. The van der Waals surface area contributed by atoms with Gasteiger partial charge in [-0.3, -0.25) is 9.69 Å². The van der Waals surface area contributed by atoms with Crippen LogP contribution in [0.4, 0.5) is 0 Å². The van der Waals surface area contributed by atoms with Crippen molar-refractivity contribution >= 4 is 5.97 Å². The van der Waals surface area contributed by atoms with Gasteiger partial charge in [-0.25, -0.2) is 0 Å². The number of carbonyl (C=O) groups is 1. The molecule has 2 rings (SSSR count). The second-order valence-corrected chi connectivity index (χ2v) is 5.16. The molecule has 4 nitrogen and oxygen atoms in total. The van der Waals surface area contributed by atoms with Crippen molar-refractivity contribution < 1.29 is 9.90 Å². The molecule has 2 saturated heterocycles. The zero-order valence-corrected chi connectivity index (χ0v) is 9.52. The van der Waals surface area contributed by atoms with Crippen molar-refractivity contribution in [3.63, 3.8) is 0 Å². The van der Waals surface area contributed by atoms with E-state index < -0.39 is 5.97 Å². The first-order valence-electron chi connectivity index (χ1n) is 5.74. The Labute approximate surface area is 90.9 Å². The summed E-state index contributed by atoms with van der Waals surface area (Å²) < 4.78 is 0. The Balaban J connectivity index is 1.85. The molecule has 2 aliphatic heterocycles. The first kappa shape index (κ1) is 10.9. The summed E-state index contributed by atoms with van der Waals surface area (Å²) in [6.45, 7) is 8.93. The molecule has 0 aliphatic carbocycles. The molecule has 86 valence electrons. The predicted molar refractivity (Wildman–Crippen MR) is 57.8 cm³/mol. The van der Waals surface area contributed by atoms with Crippen molar-refractivity contribution in [1.82, 2.24) is 9.80 Å². The summed E-state index contributed by atoms with van der Waals surface area (Å²) in [5.41, 5.74) is 0. The lowest BCUT2D eigenvalue weighted by atomic mass is 10.0. The molecule has 0 aromatic heterocycles. The quantitative estimate of drug-likeness (QED) is 0.733. The molecule has 0 radical (unpaired) electrons. The van der Waals surface area contributed by atoms with Crippen LogP contribution in [0.3, 0.4) is 0 Å². The average molecular weight is 212 g/mol. The van der Waals surface area contributed by atoms with E-state index in [0.717, 1.165) is 26.2 Å². The standard InChI is InChI=1S/C11H20N2O2/c1-8(2)13-5-9-3-12(7-11(14)15)4-10(9)6-13/h8-10H,3-7H2,1-2H3,(H,14,15). The van der Waals surface area contributed by atoms with Gasteiger partial charge in [-0.1, -0.05) is 0 Å². The van der Waals surface area contributed by atoms with Crippen LogP contribution >= 0.6 is 0 Å². The van der Waals surface area contributed by atoms with E-state index in [1.807, 2.05) is 0 Å². The Hall–Kier alpha value is -0.610. The molecular formula is C11H20N2O2. The molecule has 0 aromatic carbocycles. The third-order valence-corrected chi connectivity index (χ3v) is 3.68. The number of aliphatic carboxylic acids is 1. The Bertz CT molecular complexity index is 241. The largest absolute Gasteiger partial charge is 0.480 e. The molecule has 0 aromatic rings. The molecule has 2 fully saturated rings. The molecule has 0 amide bonds. The first-order chi connectivity index (χ1) is 7.06. The highest BCUT2D eigenvalue weighted by Gasteiger charge is 2.40. The summed E-state index contributed by atoms with van der Waals surface area (Å²) in [4.78, 5) is 15.2. The van der Waals surface area contributed by atoms with Crippen molar-refractivity contribution in [2.75, 3.05) is 32.7 Å². The number of carboxylic acid groups (broad SMARTS) is 1. The number of likely N-dealkylation sites (tertiary alicyclic amines) is 2. The highest BCUT2D eigenvalue weighted by molar-refractivity contribution is 5.69. The van der Waals surface area contributed by atoms with Gasteiger partial charge < -0.3 is 10.0 Å². The van der Waals surface area contributed by atoms with Crippen LogP contribution < -0.4 is 0 Å². The molecule has 1 N–H and O–H groups in total. The number of carboxylic acids is 1. The van der Waals surface area contributed by atoms with Gasteiger partial charge in [-0.15, -0.1) is 0 Å². The minimum atomic E-state index is -0.698. The Morgan fingerprint density at radius 1 is 1.27 bits per heavy atom. The van der Waals surface area contributed by atoms with E-state index in [-0.39, 0.29) is 6.54 Å². The monoisotopic (exact) mass is 212 g/mol. The smallest absolute Gasteiger partial charge is 0.317 e. The topological polar surface area (TPSA) is 43.8 Å². The lowest BCUT2D eigenvalue weighted by Crippen LogP contribution is -2.34. The van der Waals surface area contributed by atoms with E-state index in [1.54, 1.807) is 0 Å². The minimum absolute atomic E-state index is 0.217. The molecule has 0 spiro atoms. The molecule has 2 unspecified atom stereocenters. The highest BCUT2D eigenvalue weighted by Crippen LogP contribution is 2.31. The van der Waals surface area contributed by atoms with E-state index in [9.17, 15) is 4.79 Å². The maximum Gasteiger partial charge on any atom is 0.317 e. The van der Waals surface area contributed by atoms with Crippen molar-refractivity contribution in [2.24, 2.45) is 11.8 Å². The SMILES string of the molecule is CC(C)N1CC2CN(CC(=O)O)CC2C1. The molecule has 2 heterocycles. The van der Waals surface area contributed by atoms with Gasteiger partial charge in [0.05, 0.1) is 6.54 Å². The van der Waals surface area contributed by atoms with E-state index in [1.165, 1.54) is 0 Å². The Kier molecular flexibility index (Phi) is 2.98. The van der Waals surface area contributed by atoms with Gasteiger partial charge >= 0.3 is 5.97 Å². The summed E-state index contributed by atoms with van der Waals surface area (Å²) in [6.07, 6.45) is 0. The summed E-state index contributed by atoms with van der Waals surface area (Å²) in [5.74, 6) is 0.703. The third kappa shape index (κ3) is 2.32. The van der Waals surface area contributed by atoms with Crippen LogP contribution in [0.1, 0.15) is 13.8 Å². The van der Waals surface area contributed by atoms with E-state index in [0.29, 0.717) is 17.9 Å². The van der Waals surface area contributed by atoms with Crippen LogP contribution in [-0.2, 0) is 4.79 Å². The molecule has 15 heavy (non-hydrogen) atoms. The fraction of sp³-hybridized carbons (Fsp3) is 0.909. The normalized spacial score (nSPS) is 32.5. The van der Waals surface area contributed by atoms with Crippen molar-refractivity contribution in [1.29, 1.82) is 0 Å².